The Bertz CT molecular complexity index is 1080. The predicted molar refractivity (Wildman–Crippen MR) is 117 cm³/mol. The number of hydrogen-bond acceptors (Lipinski definition) is 5. The molecule has 1 N–H and O–H groups in total. The summed E-state index contributed by atoms with van der Waals surface area (Å²) < 4.78 is 11.5. The summed E-state index contributed by atoms with van der Waals surface area (Å²) in [5.41, 5.74) is 0.506. The smallest absolute Gasteiger partial charge is 0.335 e. The number of halogens is 2. The second kappa shape index (κ2) is 9.15. The number of hydrogen-bond donors (Lipinski definition) is 1. The highest BCUT2D eigenvalue weighted by atomic mass is 79.9. The van der Waals surface area contributed by atoms with Crippen LogP contribution in [0.2, 0.25) is 5.02 Å². The van der Waals surface area contributed by atoms with Crippen molar-refractivity contribution in [3.8, 4) is 11.5 Å². The fraction of sp³-hybridized carbons (Fsp3) is 0.0952. The molecule has 0 unspecified atom stereocenters. The van der Waals surface area contributed by atoms with Crippen LogP contribution in [0.4, 0.5) is 10.5 Å². The van der Waals surface area contributed by atoms with E-state index in [4.69, 9.17) is 21.1 Å². The molecule has 154 valence electrons. The van der Waals surface area contributed by atoms with E-state index in [1.54, 1.807) is 36.4 Å². The van der Waals surface area contributed by atoms with Gasteiger partial charge in [0.05, 0.1) is 17.8 Å². The summed E-state index contributed by atoms with van der Waals surface area (Å²) in [4.78, 5) is 38.5. The molecule has 2 aromatic rings. The van der Waals surface area contributed by atoms with Crippen LogP contribution in [0.15, 0.2) is 59.1 Å². The molecule has 1 heterocycles. The number of anilines is 1. The van der Waals surface area contributed by atoms with Gasteiger partial charge in [-0.2, -0.15) is 0 Å². The molecule has 9 heteroatoms. The van der Waals surface area contributed by atoms with Crippen LogP contribution in [0.5, 0.6) is 11.5 Å². The Labute approximate surface area is 186 Å². The van der Waals surface area contributed by atoms with Gasteiger partial charge in [-0.1, -0.05) is 46.3 Å². The Kier molecular flexibility index (Phi) is 6.59. The molecule has 0 aromatic heterocycles. The van der Waals surface area contributed by atoms with Crippen LogP contribution < -0.4 is 19.7 Å². The number of benzene rings is 2. The summed E-state index contributed by atoms with van der Waals surface area (Å²) in [5.74, 6) is -0.936. The van der Waals surface area contributed by atoms with Crippen molar-refractivity contribution in [2.75, 3.05) is 18.6 Å². The highest BCUT2D eigenvalue weighted by Crippen LogP contribution is 2.37. The maximum atomic E-state index is 13.0. The molecule has 3 rings (SSSR count). The Balaban J connectivity index is 2.02. The quantitative estimate of drug-likeness (QED) is 0.369. The number of carbonyl (C=O) groups excluding carboxylic acids is 3. The third-order valence-corrected chi connectivity index (χ3v) is 4.85. The van der Waals surface area contributed by atoms with Gasteiger partial charge in [0, 0.05) is 4.47 Å². The van der Waals surface area contributed by atoms with Crippen LogP contribution >= 0.6 is 27.5 Å². The molecule has 0 atom stereocenters. The number of imide groups is 2. The first kappa shape index (κ1) is 21.6. The zero-order valence-electron chi connectivity index (χ0n) is 15.8. The van der Waals surface area contributed by atoms with Crippen LogP contribution in [0.25, 0.3) is 6.08 Å². The summed E-state index contributed by atoms with van der Waals surface area (Å²) in [6, 6.07) is 8.86. The standard InChI is InChI=1S/C21H16BrClN2O5/c1-3-7-30-18-16(23)9-12(10-17(18)29-2)8-15-19(26)24-21(28)25(20(15)27)14-6-4-5-13(22)11-14/h3-6,8-11H,1,7H2,2H3,(H,24,26,28)/b15-8+. The maximum absolute atomic E-state index is 13.0. The minimum Gasteiger partial charge on any atom is -0.493 e. The molecule has 0 radical (unpaired) electrons. The predicted octanol–water partition coefficient (Wildman–Crippen LogP) is 4.34. The van der Waals surface area contributed by atoms with E-state index in [0.29, 0.717) is 27.2 Å². The lowest BCUT2D eigenvalue weighted by Gasteiger charge is -2.26. The van der Waals surface area contributed by atoms with Crippen molar-refractivity contribution in [1.82, 2.24) is 5.32 Å². The van der Waals surface area contributed by atoms with E-state index in [-0.39, 0.29) is 17.2 Å². The first-order valence-electron chi connectivity index (χ1n) is 8.64. The number of urea groups is 1. The number of methoxy groups -OCH3 is 1. The van der Waals surface area contributed by atoms with Gasteiger partial charge >= 0.3 is 6.03 Å². The second-order valence-electron chi connectivity index (χ2n) is 6.07. The maximum Gasteiger partial charge on any atom is 0.335 e. The molecule has 4 amide bonds. The van der Waals surface area contributed by atoms with Gasteiger partial charge in [-0.25, -0.2) is 9.69 Å². The van der Waals surface area contributed by atoms with E-state index in [2.05, 4.69) is 27.8 Å². The topological polar surface area (TPSA) is 84.9 Å². The molecule has 1 aliphatic rings. The molecule has 2 aromatic carbocycles. The normalized spacial score (nSPS) is 15.2. The summed E-state index contributed by atoms with van der Waals surface area (Å²) in [6.45, 7) is 3.80. The molecule has 0 spiro atoms. The monoisotopic (exact) mass is 490 g/mol. The Hall–Kier alpha value is -3.10. The van der Waals surface area contributed by atoms with Gasteiger partial charge in [0.1, 0.15) is 12.2 Å². The van der Waals surface area contributed by atoms with Crippen molar-refractivity contribution >= 4 is 57.1 Å². The fourth-order valence-electron chi connectivity index (χ4n) is 2.78. The molecule has 0 saturated carbocycles. The highest BCUT2D eigenvalue weighted by Gasteiger charge is 2.37. The van der Waals surface area contributed by atoms with E-state index in [0.717, 1.165) is 4.90 Å². The third kappa shape index (κ3) is 4.39. The number of nitrogens with zero attached hydrogens (tertiary/aromatic N) is 1. The van der Waals surface area contributed by atoms with Crippen LogP contribution in [-0.4, -0.2) is 31.6 Å². The molecule has 30 heavy (non-hydrogen) atoms. The average molecular weight is 492 g/mol. The zero-order valence-corrected chi connectivity index (χ0v) is 18.1. The van der Waals surface area contributed by atoms with Crippen molar-refractivity contribution in [2.45, 2.75) is 0 Å². The largest absolute Gasteiger partial charge is 0.493 e. The van der Waals surface area contributed by atoms with Crippen molar-refractivity contribution in [3.05, 3.63) is 69.7 Å². The van der Waals surface area contributed by atoms with Gasteiger partial charge in [0.25, 0.3) is 11.8 Å². The summed E-state index contributed by atoms with van der Waals surface area (Å²) >= 11 is 9.58. The molecule has 1 aliphatic heterocycles. The first-order valence-corrected chi connectivity index (χ1v) is 9.81. The van der Waals surface area contributed by atoms with Crippen LogP contribution in [0.1, 0.15) is 5.56 Å². The van der Waals surface area contributed by atoms with Gasteiger partial charge in [-0.05, 0) is 42.0 Å². The van der Waals surface area contributed by atoms with E-state index in [1.165, 1.54) is 19.3 Å². The van der Waals surface area contributed by atoms with Gasteiger partial charge in [-0.15, -0.1) is 0 Å². The number of amides is 4. The Morgan fingerprint density at radius 1 is 1.23 bits per heavy atom. The average Bonchev–Trinajstić information content (AvgIpc) is 2.70. The van der Waals surface area contributed by atoms with Gasteiger partial charge in [0.15, 0.2) is 11.5 Å². The number of carbonyl (C=O) groups is 3. The van der Waals surface area contributed by atoms with E-state index >= 15 is 0 Å². The van der Waals surface area contributed by atoms with Crippen LogP contribution in [0, 0.1) is 0 Å². The summed E-state index contributed by atoms with van der Waals surface area (Å²) in [5, 5.41) is 2.40. The van der Waals surface area contributed by atoms with E-state index in [1.807, 2.05) is 0 Å². The highest BCUT2D eigenvalue weighted by molar-refractivity contribution is 9.10. The SMILES string of the molecule is C=CCOc1c(Cl)cc(/C=C2\C(=O)NC(=O)N(c3cccc(Br)c3)C2=O)cc1OC. The minimum absolute atomic E-state index is 0.223. The van der Waals surface area contributed by atoms with E-state index in [9.17, 15) is 14.4 Å². The zero-order chi connectivity index (χ0) is 21.8. The second-order valence-corrected chi connectivity index (χ2v) is 7.39. The summed E-state index contributed by atoms with van der Waals surface area (Å²) in [7, 11) is 1.44. The molecule has 0 aliphatic carbocycles. The Morgan fingerprint density at radius 3 is 2.67 bits per heavy atom. The van der Waals surface area contributed by atoms with E-state index < -0.39 is 17.8 Å². The molecule has 0 bridgehead atoms. The summed E-state index contributed by atoms with van der Waals surface area (Å²) in [6.07, 6.45) is 2.89. The first-order chi connectivity index (χ1) is 14.3. The van der Waals surface area contributed by atoms with Crippen molar-refractivity contribution in [2.24, 2.45) is 0 Å². The number of nitrogens with one attached hydrogen (secondary N) is 1. The van der Waals surface area contributed by atoms with Crippen LogP contribution in [-0.2, 0) is 9.59 Å². The molecular formula is C21H16BrClN2O5. The molecule has 1 fully saturated rings. The molecular weight excluding hydrogens is 476 g/mol. The number of barbiturate groups is 1. The van der Waals surface area contributed by atoms with Crippen molar-refractivity contribution in [3.63, 3.8) is 0 Å². The van der Waals surface area contributed by atoms with Gasteiger partial charge in [0.2, 0.25) is 0 Å². The lowest BCUT2D eigenvalue weighted by Crippen LogP contribution is -2.54. The number of rotatable bonds is 6. The van der Waals surface area contributed by atoms with Crippen molar-refractivity contribution in [1.29, 1.82) is 0 Å². The lowest BCUT2D eigenvalue weighted by molar-refractivity contribution is -0.122. The minimum atomic E-state index is -0.830. The lowest BCUT2D eigenvalue weighted by atomic mass is 10.1. The molecule has 7 nitrogen and oxygen atoms in total. The molecule has 1 saturated heterocycles. The van der Waals surface area contributed by atoms with Crippen LogP contribution in [0.3, 0.4) is 0 Å². The van der Waals surface area contributed by atoms with Gasteiger partial charge < -0.3 is 9.47 Å². The third-order valence-electron chi connectivity index (χ3n) is 4.08. The van der Waals surface area contributed by atoms with Gasteiger partial charge in [-0.3, -0.25) is 14.9 Å². The Morgan fingerprint density at radius 2 is 2.00 bits per heavy atom. The number of ether oxygens (including phenoxy) is 2. The fourth-order valence-corrected chi connectivity index (χ4v) is 3.44. The van der Waals surface area contributed by atoms with Crippen molar-refractivity contribution < 1.29 is 23.9 Å².